The van der Waals surface area contributed by atoms with E-state index in [0.717, 1.165) is 11.1 Å². The van der Waals surface area contributed by atoms with Crippen molar-refractivity contribution in [3.05, 3.63) is 100 Å². The third-order valence-corrected chi connectivity index (χ3v) is 4.63. The van der Waals surface area contributed by atoms with Crippen LogP contribution in [-0.2, 0) is 11.4 Å². The summed E-state index contributed by atoms with van der Waals surface area (Å²) in [6.07, 6.45) is 1.48. The number of amides is 1. The summed E-state index contributed by atoms with van der Waals surface area (Å²) in [6, 6.07) is 20.7. The van der Waals surface area contributed by atoms with E-state index in [1.807, 2.05) is 32.0 Å². The average Bonchev–Trinajstić information content (AvgIpc) is 2.74. The molecule has 0 fully saturated rings. The molecule has 30 heavy (non-hydrogen) atoms. The normalized spacial score (nSPS) is 10.9. The van der Waals surface area contributed by atoms with E-state index in [1.54, 1.807) is 42.5 Å². The van der Waals surface area contributed by atoms with E-state index in [1.165, 1.54) is 18.2 Å². The first-order chi connectivity index (χ1) is 14.5. The molecule has 0 atom stereocenters. The fraction of sp³-hybridized carbons (Fsp3) is 0.120. The number of aryl methyl sites for hydroxylation is 2. The van der Waals surface area contributed by atoms with Gasteiger partial charge < -0.3 is 10.1 Å². The van der Waals surface area contributed by atoms with Crippen LogP contribution in [0.15, 0.2) is 72.3 Å². The van der Waals surface area contributed by atoms with Crippen molar-refractivity contribution in [3.8, 4) is 11.8 Å². The second-order valence-corrected chi connectivity index (χ2v) is 6.88. The van der Waals surface area contributed by atoms with E-state index in [-0.39, 0.29) is 18.0 Å². The van der Waals surface area contributed by atoms with Crippen molar-refractivity contribution in [3.63, 3.8) is 0 Å². The highest BCUT2D eigenvalue weighted by molar-refractivity contribution is 6.09. The van der Waals surface area contributed by atoms with Crippen molar-refractivity contribution < 1.29 is 13.9 Å². The van der Waals surface area contributed by atoms with Gasteiger partial charge in [0, 0.05) is 11.3 Å². The molecule has 3 rings (SSSR count). The Morgan fingerprint density at radius 3 is 2.60 bits per heavy atom. The van der Waals surface area contributed by atoms with Crippen LogP contribution in [-0.4, -0.2) is 5.91 Å². The van der Waals surface area contributed by atoms with Crippen LogP contribution in [0.5, 0.6) is 5.75 Å². The van der Waals surface area contributed by atoms with E-state index in [0.29, 0.717) is 22.6 Å². The molecule has 0 saturated heterocycles. The Morgan fingerprint density at radius 2 is 1.87 bits per heavy atom. The van der Waals surface area contributed by atoms with E-state index in [9.17, 15) is 14.4 Å². The van der Waals surface area contributed by atoms with Gasteiger partial charge in [-0.25, -0.2) is 4.39 Å². The fourth-order valence-electron chi connectivity index (χ4n) is 2.84. The van der Waals surface area contributed by atoms with Gasteiger partial charge in [-0.3, -0.25) is 4.79 Å². The van der Waals surface area contributed by atoms with E-state index in [2.05, 4.69) is 5.32 Å². The van der Waals surface area contributed by atoms with Gasteiger partial charge in [0.1, 0.15) is 29.8 Å². The van der Waals surface area contributed by atoms with Crippen molar-refractivity contribution in [2.75, 3.05) is 5.32 Å². The molecule has 0 unspecified atom stereocenters. The van der Waals surface area contributed by atoms with E-state index in [4.69, 9.17) is 4.74 Å². The number of ether oxygens (including phenoxy) is 1. The summed E-state index contributed by atoms with van der Waals surface area (Å²) in [7, 11) is 0. The standard InChI is InChI=1S/C25H21FN2O2/c1-17-10-11-23(12-18(17)2)28-25(29)21(15-27)14-20-7-3-4-9-24(20)30-16-19-6-5-8-22(26)13-19/h3-14H,16H2,1-2H3,(H,28,29)/b21-14+. The molecule has 0 aromatic heterocycles. The Morgan fingerprint density at radius 1 is 1.07 bits per heavy atom. The van der Waals surface area contributed by atoms with Crippen molar-refractivity contribution in [2.45, 2.75) is 20.5 Å². The number of hydrogen-bond acceptors (Lipinski definition) is 3. The molecule has 3 aromatic carbocycles. The quantitative estimate of drug-likeness (QED) is 0.435. The number of rotatable bonds is 6. The van der Waals surface area contributed by atoms with Crippen molar-refractivity contribution in [1.82, 2.24) is 0 Å². The molecule has 1 N–H and O–H groups in total. The van der Waals surface area contributed by atoms with E-state index >= 15 is 0 Å². The minimum Gasteiger partial charge on any atom is -0.488 e. The first-order valence-electron chi connectivity index (χ1n) is 9.43. The van der Waals surface area contributed by atoms with Gasteiger partial charge in [-0.1, -0.05) is 36.4 Å². The van der Waals surface area contributed by atoms with Crippen LogP contribution in [0.25, 0.3) is 6.08 Å². The third kappa shape index (κ3) is 5.33. The summed E-state index contributed by atoms with van der Waals surface area (Å²) >= 11 is 0. The van der Waals surface area contributed by atoms with Crippen LogP contribution in [0.2, 0.25) is 0 Å². The van der Waals surface area contributed by atoms with Gasteiger partial charge in [-0.2, -0.15) is 5.26 Å². The van der Waals surface area contributed by atoms with Crippen molar-refractivity contribution in [2.24, 2.45) is 0 Å². The summed E-state index contributed by atoms with van der Waals surface area (Å²) in [5.74, 6) is -0.340. The maximum atomic E-state index is 13.4. The Hall–Kier alpha value is -3.91. The van der Waals surface area contributed by atoms with Gasteiger partial charge in [-0.05, 0) is 66.9 Å². The summed E-state index contributed by atoms with van der Waals surface area (Å²) in [6.45, 7) is 4.11. The Labute approximate surface area is 175 Å². The number of nitriles is 1. The highest BCUT2D eigenvalue weighted by Gasteiger charge is 2.12. The molecule has 0 bridgehead atoms. The Balaban J connectivity index is 1.79. The van der Waals surface area contributed by atoms with Crippen molar-refractivity contribution in [1.29, 1.82) is 5.26 Å². The summed E-state index contributed by atoms with van der Waals surface area (Å²) < 4.78 is 19.2. The molecule has 0 radical (unpaired) electrons. The maximum absolute atomic E-state index is 13.4. The lowest BCUT2D eigenvalue weighted by Crippen LogP contribution is -2.13. The van der Waals surface area contributed by atoms with Crippen LogP contribution in [0.1, 0.15) is 22.3 Å². The van der Waals surface area contributed by atoms with Crippen LogP contribution < -0.4 is 10.1 Å². The first-order valence-corrected chi connectivity index (χ1v) is 9.43. The molecule has 5 heteroatoms. The van der Waals surface area contributed by atoms with Crippen LogP contribution in [0.3, 0.4) is 0 Å². The van der Waals surface area contributed by atoms with Gasteiger partial charge in [0.25, 0.3) is 5.91 Å². The largest absolute Gasteiger partial charge is 0.488 e. The van der Waals surface area contributed by atoms with Crippen LogP contribution >= 0.6 is 0 Å². The second-order valence-electron chi connectivity index (χ2n) is 6.88. The zero-order valence-electron chi connectivity index (χ0n) is 16.8. The third-order valence-electron chi connectivity index (χ3n) is 4.63. The Bertz CT molecular complexity index is 1150. The van der Waals surface area contributed by atoms with Gasteiger partial charge >= 0.3 is 0 Å². The minimum atomic E-state index is -0.499. The predicted molar refractivity (Wildman–Crippen MR) is 115 cm³/mol. The lowest BCUT2D eigenvalue weighted by atomic mass is 10.1. The van der Waals surface area contributed by atoms with Gasteiger partial charge in [0.05, 0.1) is 0 Å². The molecule has 0 aliphatic rings. The highest BCUT2D eigenvalue weighted by atomic mass is 19.1. The number of carbonyl (C=O) groups is 1. The fourth-order valence-corrected chi connectivity index (χ4v) is 2.84. The summed E-state index contributed by atoms with van der Waals surface area (Å²) in [5, 5.41) is 12.3. The van der Waals surface area contributed by atoms with E-state index < -0.39 is 5.91 Å². The molecular formula is C25H21FN2O2. The Kier molecular flexibility index (Phi) is 6.61. The number of halogens is 1. The summed E-state index contributed by atoms with van der Waals surface area (Å²) in [5.41, 5.74) is 4.01. The molecule has 4 nitrogen and oxygen atoms in total. The summed E-state index contributed by atoms with van der Waals surface area (Å²) in [4.78, 5) is 12.6. The number of benzene rings is 3. The first kappa shape index (κ1) is 20.8. The molecule has 3 aromatic rings. The zero-order valence-corrected chi connectivity index (χ0v) is 16.8. The number of nitrogens with zero attached hydrogens (tertiary/aromatic N) is 1. The molecule has 0 heterocycles. The number of para-hydroxylation sites is 1. The number of anilines is 1. The maximum Gasteiger partial charge on any atom is 0.266 e. The molecule has 0 spiro atoms. The lowest BCUT2D eigenvalue weighted by Gasteiger charge is -2.10. The number of carbonyl (C=O) groups excluding carboxylic acids is 1. The van der Waals surface area contributed by atoms with Crippen LogP contribution in [0.4, 0.5) is 10.1 Å². The molecule has 0 aliphatic carbocycles. The smallest absolute Gasteiger partial charge is 0.266 e. The second kappa shape index (κ2) is 9.53. The van der Waals surface area contributed by atoms with Gasteiger partial charge in [0.2, 0.25) is 0 Å². The monoisotopic (exact) mass is 400 g/mol. The SMILES string of the molecule is Cc1ccc(NC(=O)/C(C#N)=C/c2ccccc2OCc2cccc(F)c2)cc1C. The number of hydrogen-bond donors (Lipinski definition) is 1. The molecule has 0 saturated carbocycles. The van der Waals surface area contributed by atoms with Crippen LogP contribution in [0, 0.1) is 31.0 Å². The lowest BCUT2D eigenvalue weighted by molar-refractivity contribution is -0.112. The topological polar surface area (TPSA) is 62.1 Å². The van der Waals surface area contributed by atoms with Gasteiger partial charge in [-0.15, -0.1) is 0 Å². The highest BCUT2D eigenvalue weighted by Crippen LogP contribution is 2.23. The predicted octanol–water partition coefficient (Wildman–Crippen LogP) is 5.57. The molecule has 1 amide bonds. The van der Waals surface area contributed by atoms with Gasteiger partial charge in [0.15, 0.2) is 0 Å². The minimum absolute atomic E-state index is 0.0463. The molecule has 150 valence electrons. The average molecular weight is 400 g/mol. The van der Waals surface area contributed by atoms with Crippen molar-refractivity contribution >= 4 is 17.7 Å². The number of nitrogens with one attached hydrogen (secondary N) is 1. The molecule has 0 aliphatic heterocycles. The zero-order chi connectivity index (χ0) is 21.5. The molecular weight excluding hydrogens is 379 g/mol.